The van der Waals surface area contributed by atoms with Crippen molar-refractivity contribution in [1.29, 1.82) is 0 Å². The summed E-state index contributed by atoms with van der Waals surface area (Å²) in [5, 5.41) is 5.49. The second-order valence-electron chi connectivity index (χ2n) is 6.43. The summed E-state index contributed by atoms with van der Waals surface area (Å²) in [5.74, 6) is -1.02. The molecule has 0 bridgehead atoms. The number of carbonyl (C=O) groups excluding carboxylic acids is 3. The summed E-state index contributed by atoms with van der Waals surface area (Å²) in [6, 6.07) is 16.3. The van der Waals surface area contributed by atoms with E-state index in [0.29, 0.717) is 17.8 Å². The summed E-state index contributed by atoms with van der Waals surface area (Å²) in [4.78, 5) is 37.7. The van der Waals surface area contributed by atoms with Gasteiger partial charge in [-0.15, -0.1) is 0 Å². The van der Waals surface area contributed by atoms with Gasteiger partial charge in [0.25, 0.3) is 0 Å². The molecule has 2 atom stereocenters. The van der Waals surface area contributed by atoms with Gasteiger partial charge in [0, 0.05) is 31.0 Å². The van der Waals surface area contributed by atoms with E-state index in [1.54, 1.807) is 36.2 Å². The Morgan fingerprint density at radius 1 is 0.923 bits per heavy atom. The van der Waals surface area contributed by atoms with E-state index >= 15 is 0 Å². The fraction of sp³-hybridized carbons (Fsp3) is 0.250. The standard InChI is InChI=1S/C20H21N3O3/c1-13(24)21-14-7-6-8-15(11-14)22-19(25)17-12-18(17)20(26)23(2)16-9-4-3-5-10-16/h3-11,17-18H,12H2,1-2H3,(H,21,24)(H,22,25). The van der Waals surface area contributed by atoms with Gasteiger partial charge in [-0.25, -0.2) is 0 Å². The SMILES string of the molecule is CC(=O)Nc1cccc(NC(=O)C2CC2C(=O)N(C)c2ccccc2)c1. The summed E-state index contributed by atoms with van der Waals surface area (Å²) >= 11 is 0. The molecular formula is C20H21N3O3. The zero-order valence-corrected chi connectivity index (χ0v) is 14.7. The average Bonchev–Trinajstić information content (AvgIpc) is 3.42. The van der Waals surface area contributed by atoms with E-state index in [1.807, 2.05) is 30.3 Å². The van der Waals surface area contributed by atoms with E-state index in [9.17, 15) is 14.4 Å². The Morgan fingerprint density at radius 2 is 1.58 bits per heavy atom. The van der Waals surface area contributed by atoms with Gasteiger partial charge in [0.2, 0.25) is 17.7 Å². The lowest BCUT2D eigenvalue weighted by molar-refractivity contribution is -0.123. The summed E-state index contributed by atoms with van der Waals surface area (Å²) in [5.41, 5.74) is 2.02. The van der Waals surface area contributed by atoms with Gasteiger partial charge in [0.15, 0.2) is 0 Å². The van der Waals surface area contributed by atoms with Crippen molar-refractivity contribution >= 4 is 34.8 Å². The minimum Gasteiger partial charge on any atom is -0.326 e. The maximum Gasteiger partial charge on any atom is 0.230 e. The number of rotatable bonds is 5. The van der Waals surface area contributed by atoms with Crippen LogP contribution in [0.25, 0.3) is 0 Å². The number of benzene rings is 2. The molecule has 2 unspecified atom stereocenters. The third-order valence-corrected chi connectivity index (χ3v) is 4.37. The molecule has 2 aromatic rings. The number of amides is 3. The summed E-state index contributed by atoms with van der Waals surface area (Å²) in [6.07, 6.45) is 0.549. The first-order valence-electron chi connectivity index (χ1n) is 8.47. The lowest BCUT2D eigenvalue weighted by Crippen LogP contribution is -2.29. The Hall–Kier alpha value is -3.15. The molecule has 3 rings (SSSR count). The number of hydrogen-bond acceptors (Lipinski definition) is 3. The van der Waals surface area contributed by atoms with Gasteiger partial charge < -0.3 is 15.5 Å². The molecule has 3 amide bonds. The number of anilines is 3. The van der Waals surface area contributed by atoms with Crippen LogP contribution in [0.3, 0.4) is 0 Å². The monoisotopic (exact) mass is 351 g/mol. The maximum absolute atomic E-state index is 12.5. The highest BCUT2D eigenvalue weighted by atomic mass is 16.2. The summed E-state index contributed by atoms with van der Waals surface area (Å²) < 4.78 is 0. The molecule has 1 fully saturated rings. The number of carbonyl (C=O) groups is 3. The van der Waals surface area contributed by atoms with Crippen LogP contribution in [0.15, 0.2) is 54.6 Å². The first kappa shape index (κ1) is 17.7. The van der Waals surface area contributed by atoms with Crippen LogP contribution in [0.5, 0.6) is 0 Å². The molecule has 6 heteroatoms. The fourth-order valence-electron chi connectivity index (χ4n) is 2.90. The molecular weight excluding hydrogens is 330 g/mol. The molecule has 1 aliphatic carbocycles. The van der Waals surface area contributed by atoms with Crippen LogP contribution in [0.2, 0.25) is 0 Å². The van der Waals surface area contributed by atoms with E-state index < -0.39 is 0 Å². The number of para-hydroxylation sites is 1. The van der Waals surface area contributed by atoms with Crippen molar-refractivity contribution in [3.8, 4) is 0 Å². The second-order valence-corrected chi connectivity index (χ2v) is 6.43. The predicted octanol–water partition coefficient (Wildman–Crippen LogP) is 2.88. The maximum atomic E-state index is 12.5. The van der Waals surface area contributed by atoms with E-state index in [-0.39, 0.29) is 29.6 Å². The van der Waals surface area contributed by atoms with Gasteiger partial charge in [-0.05, 0) is 36.8 Å². The van der Waals surface area contributed by atoms with E-state index in [2.05, 4.69) is 10.6 Å². The third-order valence-electron chi connectivity index (χ3n) is 4.37. The molecule has 0 spiro atoms. The first-order valence-corrected chi connectivity index (χ1v) is 8.47. The smallest absolute Gasteiger partial charge is 0.230 e. The van der Waals surface area contributed by atoms with Crippen molar-refractivity contribution in [2.75, 3.05) is 22.6 Å². The number of nitrogens with zero attached hydrogens (tertiary/aromatic N) is 1. The molecule has 0 heterocycles. The van der Waals surface area contributed by atoms with Crippen molar-refractivity contribution in [2.45, 2.75) is 13.3 Å². The van der Waals surface area contributed by atoms with E-state index in [4.69, 9.17) is 0 Å². The second kappa shape index (κ2) is 7.39. The number of nitrogens with one attached hydrogen (secondary N) is 2. The van der Waals surface area contributed by atoms with Crippen molar-refractivity contribution in [3.63, 3.8) is 0 Å². The van der Waals surface area contributed by atoms with Crippen molar-refractivity contribution < 1.29 is 14.4 Å². The number of hydrogen-bond donors (Lipinski definition) is 2. The normalized spacial score (nSPS) is 17.9. The van der Waals surface area contributed by atoms with Crippen LogP contribution in [-0.2, 0) is 14.4 Å². The van der Waals surface area contributed by atoms with Crippen LogP contribution in [-0.4, -0.2) is 24.8 Å². The Bertz CT molecular complexity index is 835. The fourth-order valence-corrected chi connectivity index (χ4v) is 2.90. The van der Waals surface area contributed by atoms with Crippen LogP contribution in [0.4, 0.5) is 17.1 Å². The molecule has 1 aliphatic rings. The molecule has 26 heavy (non-hydrogen) atoms. The first-order chi connectivity index (χ1) is 12.5. The molecule has 6 nitrogen and oxygen atoms in total. The van der Waals surface area contributed by atoms with Crippen LogP contribution in [0.1, 0.15) is 13.3 Å². The van der Waals surface area contributed by atoms with E-state index in [1.165, 1.54) is 6.92 Å². The van der Waals surface area contributed by atoms with Crippen molar-refractivity contribution in [1.82, 2.24) is 0 Å². The average molecular weight is 351 g/mol. The lowest BCUT2D eigenvalue weighted by atomic mass is 10.2. The minimum absolute atomic E-state index is 0.0525. The quantitative estimate of drug-likeness (QED) is 0.869. The van der Waals surface area contributed by atoms with Crippen LogP contribution < -0.4 is 15.5 Å². The van der Waals surface area contributed by atoms with Crippen LogP contribution >= 0.6 is 0 Å². The minimum atomic E-state index is -0.321. The molecule has 0 saturated heterocycles. The molecule has 2 aromatic carbocycles. The molecule has 0 radical (unpaired) electrons. The zero-order chi connectivity index (χ0) is 18.7. The van der Waals surface area contributed by atoms with E-state index in [0.717, 1.165) is 5.69 Å². The Morgan fingerprint density at radius 3 is 2.23 bits per heavy atom. The summed E-state index contributed by atoms with van der Waals surface area (Å²) in [7, 11) is 1.72. The molecule has 0 aromatic heterocycles. The zero-order valence-electron chi connectivity index (χ0n) is 14.7. The van der Waals surface area contributed by atoms with Crippen molar-refractivity contribution in [2.24, 2.45) is 11.8 Å². The molecule has 134 valence electrons. The highest BCUT2D eigenvalue weighted by Crippen LogP contribution is 2.41. The summed E-state index contributed by atoms with van der Waals surface area (Å²) in [6.45, 7) is 1.43. The van der Waals surface area contributed by atoms with Crippen LogP contribution in [0, 0.1) is 11.8 Å². The molecule has 0 aliphatic heterocycles. The van der Waals surface area contributed by atoms with Gasteiger partial charge in [0.1, 0.15) is 0 Å². The molecule has 1 saturated carbocycles. The van der Waals surface area contributed by atoms with Gasteiger partial charge in [0.05, 0.1) is 11.8 Å². The molecule has 2 N–H and O–H groups in total. The van der Waals surface area contributed by atoms with Gasteiger partial charge in [-0.2, -0.15) is 0 Å². The van der Waals surface area contributed by atoms with Gasteiger partial charge in [-0.3, -0.25) is 14.4 Å². The van der Waals surface area contributed by atoms with Gasteiger partial charge in [-0.1, -0.05) is 24.3 Å². The van der Waals surface area contributed by atoms with Gasteiger partial charge >= 0.3 is 0 Å². The topological polar surface area (TPSA) is 78.5 Å². The van der Waals surface area contributed by atoms with Crippen molar-refractivity contribution in [3.05, 3.63) is 54.6 Å². The Labute approximate surface area is 152 Å². The highest BCUT2D eigenvalue weighted by molar-refractivity contribution is 6.04. The largest absolute Gasteiger partial charge is 0.326 e. The Kier molecular flexibility index (Phi) is 5.02. The lowest BCUT2D eigenvalue weighted by Gasteiger charge is -2.17. The Balaban J connectivity index is 1.59. The predicted molar refractivity (Wildman–Crippen MR) is 101 cm³/mol. The highest BCUT2D eigenvalue weighted by Gasteiger charge is 2.49. The third kappa shape index (κ3) is 4.08.